The Kier molecular flexibility index (Phi) is 4.33. The molecule has 1 heterocycles. The van der Waals surface area contributed by atoms with Crippen molar-refractivity contribution >= 4 is 0 Å². The van der Waals surface area contributed by atoms with Crippen molar-refractivity contribution in [3.63, 3.8) is 0 Å². The number of aromatic nitrogens is 1. The Hall–Kier alpha value is -1.67. The standard InChI is InChI=1S/C17H22N2/c1-12-5-6-16(19-11-12)10-17(18-4)15-8-13(2)7-14(3)9-15/h5-9,11,17-18H,10H2,1-4H3. The molecule has 0 saturated carbocycles. The Morgan fingerprint density at radius 3 is 2.21 bits per heavy atom. The van der Waals surface area contributed by atoms with Crippen LogP contribution in [0.3, 0.4) is 0 Å². The van der Waals surface area contributed by atoms with E-state index >= 15 is 0 Å². The van der Waals surface area contributed by atoms with E-state index in [1.165, 1.54) is 22.3 Å². The normalized spacial score (nSPS) is 12.4. The van der Waals surface area contributed by atoms with Gasteiger partial charge in [0.1, 0.15) is 0 Å². The third-order valence-corrected chi connectivity index (χ3v) is 3.38. The fourth-order valence-electron chi connectivity index (χ4n) is 2.43. The molecule has 0 amide bonds. The van der Waals surface area contributed by atoms with Crippen LogP contribution in [0.4, 0.5) is 0 Å². The van der Waals surface area contributed by atoms with Crippen LogP contribution in [0.25, 0.3) is 0 Å². The summed E-state index contributed by atoms with van der Waals surface area (Å²) in [6.45, 7) is 6.36. The number of rotatable bonds is 4. The fraction of sp³-hybridized carbons (Fsp3) is 0.353. The third-order valence-electron chi connectivity index (χ3n) is 3.38. The minimum absolute atomic E-state index is 0.314. The van der Waals surface area contributed by atoms with E-state index in [9.17, 15) is 0 Å². The average molecular weight is 254 g/mol. The van der Waals surface area contributed by atoms with Crippen molar-refractivity contribution in [3.8, 4) is 0 Å². The van der Waals surface area contributed by atoms with Gasteiger partial charge in [-0.05, 0) is 45.0 Å². The van der Waals surface area contributed by atoms with Crippen LogP contribution >= 0.6 is 0 Å². The van der Waals surface area contributed by atoms with Gasteiger partial charge in [0.15, 0.2) is 0 Å². The van der Waals surface area contributed by atoms with E-state index in [1.54, 1.807) is 0 Å². The largest absolute Gasteiger partial charge is 0.313 e. The average Bonchev–Trinajstić information content (AvgIpc) is 2.37. The van der Waals surface area contributed by atoms with Gasteiger partial charge in [-0.3, -0.25) is 4.98 Å². The lowest BCUT2D eigenvalue weighted by atomic mass is 9.98. The topological polar surface area (TPSA) is 24.9 Å². The van der Waals surface area contributed by atoms with Gasteiger partial charge in [-0.1, -0.05) is 35.4 Å². The number of pyridine rings is 1. The summed E-state index contributed by atoms with van der Waals surface area (Å²) in [5, 5.41) is 3.40. The van der Waals surface area contributed by atoms with E-state index in [4.69, 9.17) is 0 Å². The zero-order valence-electron chi connectivity index (χ0n) is 12.2. The lowest BCUT2D eigenvalue weighted by Crippen LogP contribution is -2.19. The quantitative estimate of drug-likeness (QED) is 0.903. The van der Waals surface area contributed by atoms with E-state index in [1.807, 2.05) is 13.2 Å². The van der Waals surface area contributed by atoms with E-state index in [-0.39, 0.29) is 0 Å². The van der Waals surface area contributed by atoms with Gasteiger partial charge in [0.2, 0.25) is 0 Å². The molecule has 1 aromatic heterocycles. The van der Waals surface area contributed by atoms with E-state index < -0.39 is 0 Å². The molecule has 0 spiro atoms. The summed E-state index contributed by atoms with van der Waals surface area (Å²) in [6, 6.07) is 11.3. The molecule has 0 aliphatic heterocycles. The SMILES string of the molecule is CNC(Cc1ccc(C)cn1)c1cc(C)cc(C)c1. The Balaban J connectivity index is 2.22. The monoisotopic (exact) mass is 254 g/mol. The van der Waals surface area contributed by atoms with Gasteiger partial charge in [0, 0.05) is 24.4 Å². The molecule has 0 aliphatic rings. The molecule has 0 saturated heterocycles. The second kappa shape index (κ2) is 5.98. The van der Waals surface area contributed by atoms with E-state index in [0.29, 0.717) is 6.04 Å². The van der Waals surface area contributed by atoms with Gasteiger partial charge in [-0.15, -0.1) is 0 Å². The van der Waals surface area contributed by atoms with Crippen molar-refractivity contribution in [2.45, 2.75) is 33.2 Å². The number of hydrogen-bond acceptors (Lipinski definition) is 2. The zero-order chi connectivity index (χ0) is 13.8. The van der Waals surface area contributed by atoms with Gasteiger partial charge >= 0.3 is 0 Å². The summed E-state index contributed by atoms with van der Waals surface area (Å²) in [6.07, 6.45) is 2.85. The van der Waals surface area contributed by atoms with E-state index in [0.717, 1.165) is 12.1 Å². The second-order valence-corrected chi connectivity index (χ2v) is 5.29. The molecule has 0 aliphatic carbocycles. The molecule has 0 bridgehead atoms. The molecular formula is C17H22N2. The van der Waals surface area contributed by atoms with Crippen molar-refractivity contribution in [1.29, 1.82) is 0 Å². The van der Waals surface area contributed by atoms with Gasteiger partial charge in [-0.2, -0.15) is 0 Å². The summed E-state index contributed by atoms with van der Waals surface area (Å²) in [4.78, 5) is 4.50. The van der Waals surface area contributed by atoms with Crippen molar-refractivity contribution in [2.24, 2.45) is 0 Å². The first-order valence-electron chi connectivity index (χ1n) is 6.75. The number of hydrogen-bond donors (Lipinski definition) is 1. The first-order valence-corrected chi connectivity index (χ1v) is 6.75. The minimum Gasteiger partial charge on any atom is -0.313 e. The number of aryl methyl sites for hydroxylation is 3. The Morgan fingerprint density at radius 1 is 1.00 bits per heavy atom. The Labute approximate surface area is 115 Å². The van der Waals surface area contributed by atoms with Crippen LogP contribution in [0.5, 0.6) is 0 Å². The number of benzene rings is 1. The molecule has 2 heteroatoms. The van der Waals surface area contributed by atoms with Gasteiger partial charge in [0.25, 0.3) is 0 Å². The highest BCUT2D eigenvalue weighted by molar-refractivity contribution is 5.31. The molecule has 100 valence electrons. The zero-order valence-corrected chi connectivity index (χ0v) is 12.2. The second-order valence-electron chi connectivity index (χ2n) is 5.29. The maximum atomic E-state index is 4.50. The molecule has 1 unspecified atom stereocenters. The van der Waals surface area contributed by atoms with E-state index in [2.05, 4.69) is 61.4 Å². The van der Waals surface area contributed by atoms with Crippen LogP contribution in [0, 0.1) is 20.8 Å². The van der Waals surface area contributed by atoms with Crippen LogP contribution in [-0.2, 0) is 6.42 Å². The molecule has 19 heavy (non-hydrogen) atoms. The highest BCUT2D eigenvalue weighted by Gasteiger charge is 2.11. The van der Waals surface area contributed by atoms with Crippen molar-refractivity contribution in [1.82, 2.24) is 10.3 Å². The van der Waals surface area contributed by atoms with Crippen LogP contribution in [0.1, 0.15) is 34.0 Å². The molecule has 2 nitrogen and oxygen atoms in total. The Bertz CT molecular complexity index is 523. The predicted molar refractivity (Wildman–Crippen MR) is 80.4 cm³/mol. The number of nitrogens with one attached hydrogen (secondary N) is 1. The van der Waals surface area contributed by atoms with Crippen LogP contribution in [-0.4, -0.2) is 12.0 Å². The van der Waals surface area contributed by atoms with Crippen molar-refractivity contribution < 1.29 is 0 Å². The molecule has 0 radical (unpaired) electrons. The smallest absolute Gasteiger partial charge is 0.0422 e. The van der Waals surface area contributed by atoms with Crippen molar-refractivity contribution in [3.05, 3.63) is 64.5 Å². The summed E-state index contributed by atoms with van der Waals surface area (Å²) in [5.74, 6) is 0. The van der Waals surface area contributed by atoms with Crippen LogP contribution in [0.2, 0.25) is 0 Å². The maximum absolute atomic E-state index is 4.50. The molecule has 1 N–H and O–H groups in total. The number of nitrogens with zero attached hydrogens (tertiary/aromatic N) is 1. The molecule has 0 fully saturated rings. The maximum Gasteiger partial charge on any atom is 0.0422 e. The first-order chi connectivity index (χ1) is 9.08. The van der Waals surface area contributed by atoms with Crippen molar-refractivity contribution in [2.75, 3.05) is 7.05 Å². The number of likely N-dealkylation sites (N-methyl/N-ethyl adjacent to an activating group) is 1. The summed E-state index contributed by atoms with van der Waals surface area (Å²) >= 11 is 0. The minimum atomic E-state index is 0.314. The molecule has 1 aromatic carbocycles. The Morgan fingerprint density at radius 2 is 1.68 bits per heavy atom. The van der Waals surface area contributed by atoms with Crippen LogP contribution in [0.15, 0.2) is 36.5 Å². The van der Waals surface area contributed by atoms with Gasteiger partial charge < -0.3 is 5.32 Å². The molecule has 2 aromatic rings. The summed E-state index contributed by atoms with van der Waals surface area (Å²) in [5.41, 5.74) is 6.29. The lowest BCUT2D eigenvalue weighted by molar-refractivity contribution is 0.583. The van der Waals surface area contributed by atoms with Crippen LogP contribution < -0.4 is 5.32 Å². The fourth-order valence-corrected chi connectivity index (χ4v) is 2.43. The first kappa shape index (κ1) is 13.8. The summed E-state index contributed by atoms with van der Waals surface area (Å²) < 4.78 is 0. The lowest BCUT2D eigenvalue weighted by Gasteiger charge is -2.17. The predicted octanol–water partition coefficient (Wildman–Crippen LogP) is 3.51. The molecule has 1 atom stereocenters. The summed E-state index contributed by atoms with van der Waals surface area (Å²) in [7, 11) is 2.01. The highest BCUT2D eigenvalue weighted by atomic mass is 14.9. The molecular weight excluding hydrogens is 232 g/mol. The van der Waals surface area contributed by atoms with Gasteiger partial charge in [-0.25, -0.2) is 0 Å². The third kappa shape index (κ3) is 3.65. The highest BCUT2D eigenvalue weighted by Crippen LogP contribution is 2.20. The van der Waals surface area contributed by atoms with Gasteiger partial charge in [0.05, 0.1) is 0 Å². The molecule has 2 rings (SSSR count).